The number of halogens is 2. The van der Waals surface area contributed by atoms with E-state index in [0.717, 1.165) is 31.7 Å². The van der Waals surface area contributed by atoms with Crippen molar-refractivity contribution < 1.29 is 19.2 Å². The Morgan fingerprint density at radius 2 is 1.20 bits per heavy atom. The fourth-order valence-corrected chi connectivity index (χ4v) is 6.01. The molecule has 2 heterocycles. The van der Waals surface area contributed by atoms with Crippen molar-refractivity contribution in [2.24, 2.45) is 14.1 Å². The summed E-state index contributed by atoms with van der Waals surface area (Å²) in [4.78, 5) is 56.2. The van der Waals surface area contributed by atoms with Gasteiger partial charge in [-0.25, -0.2) is 0 Å². The Kier molecular flexibility index (Phi) is 14.5. The molecule has 12 nitrogen and oxygen atoms in total. The van der Waals surface area contributed by atoms with Gasteiger partial charge in [-0.05, 0) is 80.7 Å². The van der Waals surface area contributed by atoms with Crippen LogP contribution in [0.3, 0.4) is 0 Å². The highest BCUT2D eigenvalue weighted by Gasteiger charge is 2.17. The molecule has 0 fully saturated rings. The van der Waals surface area contributed by atoms with Crippen LogP contribution in [0, 0.1) is 0 Å². The maximum absolute atomic E-state index is 13.2. The molecule has 0 saturated carbocycles. The van der Waals surface area contributed by atoms with E-state index >= 15 is 0 Å². The fourth-order valence-electron chi connectivity index (χ4n) is 5.61. The Balaban J connectivity index is 1.33. The van der Waals surface area contributed by atoms with Gasteiger partial charge >= 0.3 is 0 Å². The molecule has 0 aliphatic carbocycles. The molecule has 0 bridgehead atoms. The highest BCUT2D eigenvalue weighted by molar-refractivity contribution is 6.18. The number of hydrogen-bond donors (Lipinski definition) is 4. The average molecular weight is 738 g/mol. The van der Waals surface area contributed by atoms with E-state index in [1.165, 1.54) is 0 Å². The van der Waals surface area contributed by atoms with Crippen molar-refractivity contribution in [1.82, 2.24) is 14.0 Å². The smallest absolute Gasteiger partial charge is 0.272 e. The monoisotopic (exact) mass is 736 g/mol. The molecule has 0 radical (unpaired) electrons. The highest BCUT2D eigenvalue weighted by Crippen LogP contribution is 2.22. The number of aryl methyl sites for hydroxylation is 2. The predicted molar refractivity (Wildman–Crippen MR) is 207 cm³/mol. The molecule has 4 aromatic rings. The van der Waals surface area contributed by atoms with Gasteiger partial charge in [0.1, 0.15) is 11.4 Å². The number of rotatable bonds is 18. The van der Waals surface area contributed by atoms with Crippen molar-refractivity contribution in [1.29, 1.82) is 0 Å². The molecule has 0 atom stereocenters. The molecular weight excluding hydrogens is 691 g/mol. The van der Waals surface area contributed by atoms with Gasteiger partial charge in [0.25, 0.3) is 17.7 Å². The van der Waals surface area contributed by atoms with E-state index in [2.05, 4.69) is 44.9 Å². The number of anilines is 5. The van der Waals surface area contributed by atoms with E-state index in [1.807, 2.05) is 24.3 Å². The summed E-state index contributed by atoms with van der Waals surface area (Å²) in [7, 11) is 3.44. The molecule has 272 valence electrons. The van der Waals surface area contributed by atoms with Crippen molar-refractivity contribution in [2.75, 3.05) is 70.7 Å². The number of nitrogens with zero attached hydrogens (tertiary/aromatic N) is 4. The zero-order chi connectivity index (χ0) is 36.9. The molecule has 14 heteroatoms. The third kappa shape index (κ3) is 11.1. The minimum absolute atomic E-state index is 0.108. The summed E-state index contributed by atoms with van der Waals surface area (Å²) in [6.45, 7) is 8.25. The van der Waals surface area contributed by atoms with Gasteiger partial charge in [-0.15, -0.1) is 23.2 Å². The topological polar surface area (TPSA) is 133 Å². The first-order chi connectivity index (χ1) is 24.5. The molecule has 0 unspecified atom stereocenters. The van der Waals surface area contributed by atoms with Gasteiger partial charge in [0, 0.05) is 80.4 Å². The molecule has 51 heavy (non-hydrogen) atoms. The van der Waals surface area contributed by atoms with Gasteiger partial charge in [0.15, 0.2) is 0 Å². The van der Waals surface area contributed by atoms with Gasteiger partial charge in [0.2, 0.25) is 5.91 Å². The lowest BCUT2D eigenvalue weighted by Crippen LogP contribution is -2.27. The number of hydrogen-bond acceptors (Lipinski definition) is 6. The van der Waals surface area contributed by atoms with E-state index in [4.69, 9.17) is 23.2 Å². The first-order valence-corrected chi connectivity index (χ1v) is 18.0. The number of carbonyl (C=O) groups is 4. The molecular formula is C37H46Cl2N8O4. The highest BCUT2D eigenvalue weighted by atomic mass is 35.5. The third-order valence-corrected chi connectivity index (χ3v) is 8.71. The number of amides is 4. The summed E-state index contributed by atoms with van der Waals surface area (Å²) >= 11 is 11.8. The molecule has 4 rings (SSSR count). The quantitative estimate of drug-likeness (QED) is 0.0867. The van der Waals surface area contributed by atoms with Crippen molar-refractivity contribution in [3.8, 4) is 0 Å². The number of alkyl halides is 2. The van der Waals surface area contributed by atoms with E-state index in [-0.39, 0.29) is 11.8 Å². The second-order valence-electron chi connectivity index (χ2n) is 12.0. The van der Waals surface area contributed by atoms with E-state index < -0.39 is 11.8 Å². The standard InChI is InChI=1S/C37H46Cl2N8O4/c1-5-46(6-2)18-8-11-34(48)40-29-22-32(44(3)24-29)37(51)42-28-10-7-9-26(21-28)35(49)43-30-23-33(45(4)25-30)36(50)41-27-12-14-31(15-13-27)47(19-16-38)20-17-39/h7,9-10,12-15,21-25H,5-6,8,11,16-20H2,1-4H3,(H,40,48)(H,41,50)(H,42,51)(H,43,49). The van der Waals surface area contributed by atoms with Crippen LogP contribution in [-0.4, -0.2) is 82.1 Å². The van der Waals surface area contributed by atoms with Crippen molar-refractivity contribution in [3.05, 3.63) is 90.0 Å². The largest absolute Gasteiger partial charge is 0.369 e. The average Bonchev–Trinajstić information content (AvgIpc) is 3.67. The Morgan fingerprint density at radius 1 is 0.647 bits per heavy atom. The third-order valence-electron chi connectivity index (χ3n) is 8.37. The molecule has 2 aromatic heterocycles. The van der Waals surface area contributed by atoms with Gasteiger partial charge in [0.05, 0.1) is 11.4 Å². The van der Waals surface area contributed by atoms with Gasteiger partial charge in [-0.1, -0.05) is 19.9 Å². The number of benzene rings is 2. The molecule has 2 aromatic carbocycles. The van der Waals surface area contributed by atoms with Crippen LogP contribution in [0.15, 0.2) is 73.1 Å². The van der Waals surface area contributed by atoms with Crippen molar-refractivity contribution in [3.63, 3.8) is 0 Å². The first kappa shape index (κ1) is 39.0. The van der Waals surface area contributed by atoms with E-state index in [1.54, 1.807) is 72.0 Å². The summed E-state index contributed by atoms with van der Waals surface area (Å²) in [6, 6.07) is 17.2. The molecule has 0 saturated heterocycles. The number of nitrogens with one attached hydrogen (secondary N) is 4. The summed E-state index contributed by atoms with van der Waals surface area (Å²) in [5.74, 6) is -0.313. The normalized spacial score (nSPS) is 11.0. The predicted octanol–water partition coefficient (Wildman–Crippen LogP) is 6.47. The lowest BCUT2D eigenvalue weighted by Gasteiger charge is -2.23. The van der Waals surface area contributed by atoms with Crippen LogP contribution in [0.4, 0.5) is 28.4 Å². The first-order valence-electron chi connectivity index (χ1n) is 16.9. The van der Waals surface area contributed by atoms with Crippen LogP contribution in [0.5, 0.6) is 0 Å². The van der Waals surface area contributed by atoms with Crippen LogP contribution < -0.4 is 26.2 Å². The Hall–Kier alpha value is -4.78. The minimum atomic E-state index is -0.414. The van der Waals surface area contributed by atoms with Crippen LogP contribution in [0.1, 0.15) is 58.0 Å². The zero-order valence-electron chi connectivity index (χ0n) is 29.5. The van der Waals surface area contributed by atoms with Crippen LogP contribution in [0.25, 0.3) is 0 Å². The minimum Gasteiger partial charge on any atom is -0.369 e. The molecule has 0 aliphatic heterocycles. The lowest BCUT2D eigenvalue weighted by molar-refractivity contribution is -0.116. The molecule has 0 spiro atoms. The van der Waals surface area contributed by atoms with E-state index in [0.29, 0.717) is 71.0 Å². The molecule has 4 amide bonds. The second-order valence-corrected chi connectivity index (χ2v) is 12.7. The van der Waals surface area contributed by atoms with Crippen molar-refractivity contribution >= 4 is 75.3 Å². The zero-order valence-corrected chi connectivity index (χ0v) is 31.0. The second kappa shape index (κ2) is 19.0. The Bertz CT molecular complexity index is 1790. The van der Waals surface area contributed by atoms with E-state index in [9.17, 15) is 19.2 Å². The van der Waals surface area contributed by atoms with Crippen LogP contribution in [0.2, 0.25) is 0 Å². The molecule has 4 N–H and O–H groups in total. The molecule has 0 aliphatic rings. The van der Waals surface area contributed by atoms with Gasteiger partial charge < -0.3 is 40.2 Å². The lowest BCUT2D eigenvalue weighted by atomic mass is 10.2. The van der Waals surface area contributed by atoms with Gasteiger partial charge in [-0.2, -0.15) is 0 Å². The maximum Gasteiger partial charge on any atom is 0.272 e. The summed E-state index contributed by atoms with van der Waals surface area (Å²) in [5, 5.41) is 11.4. The summed E-state index contributed by atoms with van der Waals surface area (Å²) in [6.07, 6.45) is 4.47. The SMILES string of the molecule is CCN(CC)CCCC(=O)Nc1cc(C(=O)Nc2cccc(C(=O)Nc3cc(C(=O)Nc4ccc(N(CCCl)CCCl)cc4)n(C)c3)c2)n(C)c1. The maximum atomic E-state index is 13.2. The fraction of sp³-hybridized carbons (Fsp3) is 0.351. The van der Waals surface area contributed by atoms with Crippen LogP contribution >= 0.6 is 23.2 Å². The summed E-state index contributed by atoms with van der Waals surface area (Å²) < 4.78 is 3.26. The summed E-state index contributed by atoms with van der Waals surface area (Å²) in [5.41, 5.74) is 3.95. The van der Waals surface area contributed by atoms with Crippen LogP contribution in [-0.2, 0) is 18.9 Å². The van der Waals surface area contributed by atoms with Gasteiger partial charge in [-0.3, -0.25) is 19.2 Å². The Morgan fingerprint density at radius 3 is 1.76 bits per heavy atom. The van der Waals surface area contributed by atoms with Crippen molar-refractivity contribution in [2.45, 2.75) is 26.7 Å². The number of carbonyl (C=O) groups excluding carboxylic acids is 4. The number of aromatic nitrogens is 2. The Labute approximate surface area is 309 Å².